The van der Waals surface area contributed by atoms with Crippen LogP contribution in [0, 0.1) is 0 Å². The molecule has 142 valence electrons. The molecule has 0 aliphatic heterocycles. The Hall–Kier alpha value is -1.51. The number of carbonyl (C=O) groups excluding carboxylic acids is 1. The molecular weight excluding hydrogens is 433 g/mol. The monoisotopic (exact) mass is 463 g/mol. The minimum absolute atomic E-state index is 0. The van der Waals surface area contributed by atoms with Crippen LogP contribution in [0.25, 0.3) is 0 Å². The average Bonchev–Trinajstić information content (AvgIpc) is 2.59. The van der Waals surface area contributed by atoms with Crippen molar-refractivity contribution in [2.24, 2.45) is 4.99 Å². The van der Waals surface area contributed by atoms with Crippen molar-refractivity contribution >= 4 is 35.9 Å². The van der Waals surface area contributed by atoms with Crippen LogP contribution in [0.5, 0.6) is 5.75 Å². The molecule has 25 heavy (non-hydrogen) atoms. The number of hydrogen-bond acceptors (Lipinski definition) is 4. The molecule has 2 N–H and O–H groups in total. The molecule has 0 spiro atoms. The number of ether oxygens (including phenoxy) is 2. The van der Waals surface area contributed by atoms with Gasteiger partial charge in [-0.1, -0.05) is 18.2 Å². The highest BCUT2D eigenvalue weighted by molar-refractivity contribution is 14.0. The van der Waals surface area contributed by atoms with Crippen LogP contribution in [0.1, 0.15) is 32.3 Å². The molecule has 0 saturated heterocycles. The molecule has 1 aromatic rings. The number of para-hydroxylation sites is 1. The molecule has 0 radical (unpaired) electrons. The molecule has 0 atom stereocenters. The molecule has 0 aliphatic carbocycles. The van der Waals surface area contributed by atoms with Gasteiger partial charge in [-0.15, -0.1) is 24.0 Å². The Kier molecular flexibility index (Phi) is 13.9. The second kappa shape index (κ2) is 14.8. The number of aliphatic imine (C=N–C) groups is 1. The maximum absolute atomic E-state index is 11.3. The number of carbonyl (C=O) groups is 1. The summed E-state index contributed by atoms with van der Waals surface area (Å²) in [6.45, 7) is 6.39. The van der Waals surface area contributed by atoms with Crippen LogP contribution in [-0.4, -0.2) is 45.3 Å². The van der Waals surface area contributed by atoms with E-state index in [-0.39, 0.29) is 29.9 Å². The highest BCUT2D eigenvalue weighted by Crippen LogP contribution is 2.17. The van der Waals surface area contributed by atoms with E-state index in [0.29, 0.717) is 26.0 Å². The Morgan fingerprint density at radius 2 is 1.96 bits per heavy atom. The first-order valence-corrected chi connectivity index (χ1v) is 8.50. The van der Waals surface area contributed by atoms with Gasteiger partial charge in [0.1, 0.15) is 5.75 Å². The number of rotatable bonds is 10. The van der Waals surface area contributed by atoms with E-state index < -0.39 is 0 Å². The lowest BCUT2D eigenvalue weighted by Gasteiger charge is -2.12. The van der Waals surface area contributed by atoms with Crippen LogP contribution in [0.3, 0.4) is 0 Å². The van der Waals surface area contributed by atoms with Gasteiger partial charge in [0.05, 0.1) is 13.7 Å². The van der Waals surface area contributed by atoms with Gasteiger partial charge in [-0.25, -0.2) is 0 Å². The fraction of sp³-hybridized carbons (Fsp3) is 0.556. The predicted molar refractivity (Wildman–Crippen MR) is 112 cm³/mol. The van der Waals surface area contributed by atoms with Crippen molar-refractivity contribution in [3.05, 3.63) is 29.8 Å². The van der Waals surface area contributed by atoms with E-state index in [1.165, 1.54) is 0 Å². The van der Waals surface area contributed by atoms with Crippen LogP contribution < -0.4 is 15.4 Å². The molecule has 1 rings (SSSR count). The van der Waals surface area contributed by atoms with Crippen LogP contribution in [0.4, 0.5) is 0 Å². The third-order valence-electron chi connectivity index (χ3n) is 3.34. The van der Waals surface area contributed by atoms with Crippen molar-refractivity contribution in [1.82, 2.24) is 10.6 Å². The van der Waals surface area contributed by atoms with Gasteiger partial charge >= 0.3 is 5.97 Å². The van der Waals surface area contributed by atoms with Crippen LogP contribution in [-0.2, 0) is 16.0 Å². The quantitative estimate of drug-likeness (QED) is 0.184. The van der Waals surface area contributed by atoms with Gasteiger partial charge in [0.15, 0.2) is 5.96 Å². The predicted octanol–water partition coefficient (Wildman–Crippen LogP) is 2.75. The van der Waals surface area contributed by atoms with Gasteiger partial charge in [0.25, 0.3) is 0 Å². The summed E-state index contributed by atoms with van der Waals surface area (Å²) in [4.78, 5) is 15.8. The van der Waals surface area contributed by atoms with Gasteiger partial charge in [-0.3, -0.25) is 9.79 Å². The lowest BCUT2D eigenvalue weighted by Crippen LogP contribution is -2.38. The van der Waals surface area contributed by atoms with E-state index in [0.717, 1.165) is 36.8 Å². The molecule has 0 amide bonds. The van der Waals surface area contributed by atoms with Gasteiger partial charge in [0.2, 0.25) is 0 Å². The molecule has 6 nitrogen and oxygen atoms in total. The van der Waals surface area contributed by atoms with Crippen molar-refractivity contribution in [3.63, 3.8) is 0 Å². The Balaban J connectivity index is 0.00000576. The minimum Gasteiger partial charge on any atom is -0.496 e. The first-order chi connectivity index (χ1) is 11.7. The summed E-state index contributed by atoms with van der Waals surface area (Å²) in [5.41, 5.74) is 1.16. The van der Waals surface area contributed by atoms with Crippen LogP contribution in [0.2, 0.25) is 0 Å². The van der Waals surface area contributed by atoms with Crippen LogP contribution in [0.15, 0.2) is 29.3 Å². The molecular formula is C18H30IN3O3. The van der Waals surface area contributed by atoms with Gasteiger partial charge < -0.3 is 20.1 Å². The Bertz CT molecular complexity index is 524. The van der Waals surface area contributed by atoms with Crippen molar-refractivity contribution in [3.8, 4) is 5.75 Å². The fourth-order valence-corrected chi connectivity index (χ4v) is 2.21. The smallest absolute Gasteiger partial charge is 0.305 e. The van der Waals surface area contributed by atoms with E-state index in [2.05, 4.69) is 21.7 Å². The number of nitrogens with one attached hydrogen (secondary N) is 2. The number of benzene rings is 1. The molecule has 7 heteroatoms. The molecule has 0 fully saturated rings. The van der Waals surface area contributed by atoms with E-state index in [1.54, 1.807) is 7.11 Å². The number of nitrogens with zero attached hydrogens (tertiary/aromatic N) is 1. The zero-order valence-electron chi connectivity index (χ0n) is 15.3. The second-order valence-electron chi connectivity index (χ2n) is 5.16. The normalized spacial score (nSPS) is 10.6. The topological polar surface area (TPSA) is 72.0 Å². The maximum Gasteiger partial charge on any atom is 0.305 e. The maximum atomic E-state index is 11.3. The minimum atomic E-state index is -0.165. The lowest BCUT2D eigenvalue weighted by atomic mass is 10.1. The lowest BCUT2D eigenvalue weighted by molar-refractivity contribution is -0.143. The SMILES string of the molecule is CCNC(=NCCCC(=O)OCC)NCCc1ccccc1OC.I. The first kappa shape index (κ1) is 23.5. The molecule has 0 saturated carbocycles. The van der Waals surface area contributed by atoms with Crippen molar-refractivity contribution in [2.45, 2.75) is 33.1 Å². The van der Waals surface area contributed by atoms with E-state index in [1.807, 2.05) is 32.0 Å². The number of esters is 1. The number of guanidine groups is 1. The zero-order chi connectivity index (χ0) is 17.6. The molecule has 0 bridgehead atoms. The number of halogens is 1. The highest BCUT2D eigenvalue weighted by Gasteiger charge is 2.03. The molecule has 0 unspecified atom stereocenters. The Labute approximate surface area is 167 Å². The fourth-order valence-electron chi connectivity index (χ4n) is 2.21. The van der Waals surface area contributed by atoms with Gasteiger partial charge in [0, 0.05) is 26.1 Å². The van der Waals surface area contributed by atoms with Crippen molar-refractivity contribution < 1.29 is 14.3 Å². The molecule has 0 heterocycles. The number of methoxy groups -OCH3 is 1. The zero-order valence-corrected chi connectivity index (χ0v) is 17.7. The summed E-state index contributed by atoms with van der Waals surface area (Å²) in [5.74, 6) is 1.49. The van der Waals surface area contributed by atoms with Gasteiger partial charge in [-0.2, -0.15) is 0 Å². The molecule has 1 aromatic carbocycles. The second-order valence-corrected chi connectivity index (χ2v) is 5.16. The number of hydrogen-bond donors (Lipinski definition) is 2. The van der Waals surface area contributed by atoms with E-state index >= 15 is 0 Å². The van der Waals surface area contributed by atoms with Gasteiger partial charge in [-0.05, 0) is 38.3 Å². The Morgan fingerprint density at radius 3 is 2.64 bits per heavy atom. The highest BCUT2D eigenvalue weighted by atomic mass is 127. The largest absolute Gasteiger partial charge is 0.496 e. The van der Waals surface area contributed by atoms with Crippen molar-refractivity contribution in [2.75, 3.05) is 33.4 Å². The standard InChI is InChI=1S/C18H29N3O3.HI/c1-4-19-18(20-13-8-11-17(22)24-5-2)21-14-12-15-9-6-7-10-16(15)23-3;/h6-7,9-10H,4-5,8,11-14H2,1-3H3,(H2,19,20,21);1H. The molecule has 0 aliphatic rings. The van der Waals surface area contributed by atoms with E-state index in [9.17, 15) is 4.79 Å². The Morgan fingerprint density at radius 1 is 1.20 bits per heavy atom. The van der Waals surface area contributed by atoms with Crippen molar-refractivity contribution in [1.29, 1.82) is 0 Å². The third kappa shape index (κ3) is 10.2. The summed E-state index contributed by atoms with van der Waals surface area (Å²) in [7, 11) is 1.68. The average molecular weight is 463 g/mol. The summed E-state index contributed by atoms with van der Waals surface area (Å²) >= 11 is 0. The first-order valence-electron chi connectivity index (χ1n) is 8.50. The summed E-state index contributed by atoms with van der Waals surface area (Å²) in [5, 5.41) is 6.50. The summed E-state index contributed by atoms with van der Waals surface area (Å²) in [6.07, 6.45) is 1.93. The molecule has 0 aromatic heterocycles. The summed E-state index contributed by atoms with van der Waals surface area (Å²) < 4.78 is 10.3. The van der Waals surface area contributed by atoms with E-state index in [4.69, 9.17) is 9.47 Å². The summed E-state index contributed by atoms with van der Waals surface area (Å²) in [6, 6.07) is 7.99. The third-order valence-corrected chi connectivity index (χ3v) is 3.34. The van der Waals surface area contributed by atoms with Crippen LogP contribution >= 0.6 is 24.0 Å².